The monoisotopic (exact) mass is 629 g/mol. The lowest BCUT2D eigenvalue weighted by atomic mass is 9.83. The van der Waals surface area contributed by atoms with Crippen LogP contribution in [-0.2, 0) is 6.18 Å². The number of carbonyl (C=O) groups excluding carboxylic acids is 1. The van der Waals surface area contributed by atoms with Crippen LogP contribution in [0.4, 0.5) is 23.8 Å². The lowest BCUT2D eigenvalue weighted by Crippen LogP contribution is -2.28. The van der Waals surface area contributed by atoms with Gasteiger partial charge in [-0.15, -0.1) is 11.3 Å². The maximum atomic E-state index is 13.4. The van der Waals surface area contributed by atoms with Crippen molar-refractivity contribution in [3.63, 3.8) is 0 Å². The van der Waals surface area contributed by atoms with E-state index < -0.39 is 40.9 Å². The van der Waals surface area contributed by atoms with Gasteiger partial charge in [0.2, 0.25) is 5.43 Å². The van der Waals surface area contributed by atoms with Crippen molar-refractivity contribution in [2.24, 2.45) is 5.92 Å². The molecule has 2 amide bonds. The summed E-state index contributed by atoms with van der Waals surface area (Å²) in [6, 6.07) is 5.16. The minimum absolute atomic E-state index is 0.00288. The molecule has 1 aliphatic carbocycles. The Morgan fingerprint density at radius 3 is 2.55 bits per heavy atom. The number of rotatable bonds is 8. The van der Waals surface area contributed by atoms with Gasteiger partial charge in [0.05, 0.1) is 18.2 Å². The number of fused-ring (bicyclic) bond motifs is 1. The van der Waals surface area contributed by atoms with Gasteiger partial charge in [-0.1, -0.05) is 25.3 Å². The topological polar surface area (TPSA) is 146 Å². The van der Waals surface area contributed by atoms with Crippen molar-refractivity contribution in [1.82, 2.24) is 19.9 Å². The number of urea groups is 1. The number of nitrogens with one attached hydrogen (secondary N) is 2. The summed E-state index contributed by atoms with van der Waals surface area (Å²) in [5.41, 5.74) is -0.944. The van der Waals surface area contributed by atoms with Gasteiger partial charge in [0, 0.05) is 40.8 Å². The number of hydrogen-bond acceptors (Lipinski definition) is 7. The Kier molecular flexibility index (Phi) is 9.02. The Morgan fingerprint density at radius 2 is 1.91 bits per heavy atom. The molecule has 1 aliphatic rings. The zero-order valence-electron chi connectivity index (χ0n) is 23.6. The van der Waals surface area contributed by atoms with Gasteiger partial charge in [-0.25, -0.2) is 19.6 Å². The number of nitrogens with zero attached hydrogens (tertiary/aromatic N) is 3. The molecule has 0 aliphatic heterocycles. The van der Waals surface area contributed by atoms with Crippen molar-refractivity contribution in [2.45, 2.75) is 51.2 Å². The highest BCUT2D eigenvalue weighted by Gasteiger charge is 2.34. The van der Waals surface area contributed by atoms with E-state index in [-0.39, 0.29) is 34.3 Å². The number of alkyl halides is 3. The summed E-state index contributed by atoms with van der Waals surface area (Å²) in [5, 5.41) is 26.3. The van der Waals surface area contributed by atoms with E-state index in [1.165, 1.54) is 24.5 Å². The van der Waals surface area contributed by atoms with Crippen LogP contribution in [0.1, 0.15) is 61.1 Å². The molecule has 0 bridgehead atoms. The average molecular weight is 630 g/mol. The van der Waals surface area contributed by atoms with E-state index >= 15 is 0 Å². The molecule has 0 saturated heterocycles. The number of carboxylic acids is 1. The lowest BCUT2D eigenvalue weighted by molar-refractivity contribution is -0.140. The van der Waals surface area contributed by atoms with Crippen LogP contribution in [0.25, 0.3) is 32.6 Å². The molecule has 1 atom stereocenters. The molecule has 1 unspecified atom stereocenters. The highest BCUT2D eigenvalue weighted by Crippen LogP contribution is 2.40. The van der Waals surface area contributed by atoms with Crippen LogP contribution in [-0.4, -0.2) is 49.9 Å². The number of hydrogen-bond donors (Lipinski definition) is 4. The summed E-state index contributed by atoms with van der Waals surface area (Å²) in [7, 11) is 0. The van der Waals surface area contributed by atoms with E-state index in [9.17, 15) is 37.8 Å². The summed E-state index contributed by atoms with van der Waals surface area (Å²) >= 11 is 0.756. The molecule has 10 nitrogen and oxygen atoms in total. The van der Waals surface area contributed by atoms with Crippen molar-refractivity contribution >= 4 is 40.1 Å². The SMILES string of the molecule is CCNC(=O)Nc1cc(-c2nc(C(F)(F)F)cs2)c(-c2ccc3c(c2)c(=O)c(C(=O)O)cn3C(CO)C2CCCCC2)cn1. The summed E-state index contributed by atoms with van der Waals surface area (Å²) in [5.74, 6) is -1.26. The lowest BCUT2D eigenvalue weighted by Gasteiger charge is -2.32. The third kappa shape index (κ3) is 6.31. The highest BCUT2D eigenvalue weighted by molar-refractivity contribution is 7.13. The van der Waals surface area contributed by atoms with Crippen LogP contribution in [0.3, 0.4) is 0 Å². The molecule has 0 radical (unpaired) electrons. The molecule has 232 valence electrons. The number of thiazole rings is 1. The van der Waals surface area contributed by atoms with Crippen molar-refractivity contribution in [1.29, 1.82) is 0 Å². The van der Waals surface area contributed by atoms with Crippen molar-refractivity contribution in [2.75, 3.05) is 18.5 Å². The number of aromatic nitrogens is 3. The third-order valence-corrected chi connectivity index (χ3v) is 8.70. The first-order chi connectivity index (χ1) is 21.0. The zero-order valence-corrected chi connectivity index (χ0v) is 24.5. The summed E-state index contributed by atoms with van der Waals surface area (Å²) in [6.07, 6.45) is 2.74. The van der Waals surface area contributed by atoms with Crippen molar-refractivity contribution in [3.05, 3.63) is 63.5 Å². The molecule has 0 spiro atoms. The molecule has 4 N–H and O–H groups in total. The number of amides is 2. The summed E-state index contributed by atoms with van der Waals surface area (Å²) < 4.78 is 41.9. The number of carboxylic acid groups (broad SMARTS) is 1. The fraction of sp³-hybridized carbons (Fsp3) is 0.367. The third-order valence-electron chi connectivity index (χ3n) is 7.82. The van der Waals surface area contributed by atoms with E-state index in [4.69, 9.17) is 0 Å². The largest absolute Gasteiger partial charge is 0.477 e. The Morgan fingerprint density at radius 1 is 1.16 bits per heavy atom. The van der Waals surface area contributed by atoms with Gasteiger partial charge in [0.1, 0.15) is 16.4 Å². The second-order valence-corrected chi connectivity index (χ2v) is 11.5. The number of carbonyl (C=O) groups is 2. The van der Waals surface area contributed by atoms with Crippen molar-refractivity contribution < 1.29 is 33.0 Å². The fourth-order valence-electron chi connectivity index (χ4n) is 5.71. The standard InChI is InChI=1S/C30H30F3N5O5S/c1-2-34-29(43)37-25-11-18(27-36-24(15-44-27)30(31,32)33)20(12-35-25)17-8-9-22-19(10-17)26(40)21(28(41)42)13-38(22)23(14-39)16-6-4-3-5-7-16/h8-13,15-16,23,39H,2-7,14H2,1H3,(H,41,42)(H2,34,35,37,43). The van der Waals surface area contributed by atoms with Crippen LogP contribution in [0.5, 0.6) is 0 Å². The first kappa shape index (κ1) is 31.1. The van der Waals surface area contributed by atoms with E-state index in [1.54, 1.807) is 23.6 Å². The predicted molar refractivity (Wildman–Crippen MR) is 160 cm³/mol. The molecular weight excluding hydrogens is 599 g/mol. The van der Waals surface area contributed by atoms with E-state index in [1.807, 2.05) is 0 Å². The van der Waals surface area contributed by atoms with Crippen LogP contribution in [0.15, 0.2) is 46.8 Å². The molecule has 4 aromatic rings. The van der Waals surface area contributed by atoms with Gasteiger partial charge in [-0.2, -0.15) is 13.2 Å². The number of halogens is 3. The predicted octanol–water partition coefficient (Wildman–Crippen LogP) is 6.16. The average Bonchev–Trinajstić information content (AvgIpc) is 3.50. The second-order valence-electron chi connectivity index (χ2n) is 10.6. The molecule has 14 heteroatoms. The molecule has 1 aromatic carbocycles. The first-order valence-electron chi connectivity index (χ1n) is 14.1. The maximum absolute atomic E-state index is 13.4. The maximum Gasteiger partial charge on any atom is 0.434 e. The number of benzene rings is 1. The zero-order chi connectivity index (χ0) is 31.6. The number of anilines is 1. The Labute approximate surface area is 253 Å². The van der Waals surface area contributed by atoms with Crippen LogP contribution < -0.4 is 16.1 Å². The molecule has 5 rings (SSSR count). The normalized spacial score (nSPS) is 14.8. The van der Waals surface area contributed by atoms with Gasteiger partial charge in [0.15, 0.2) is 5.69 Å². The van der Waals surface area contributed by atoms with Crippen LogP contribution in [0.2, 0.25) is 0 Å². The van der Waals surface area contributed by atoms with Gasteiger partial charge in [0.25, 0.3) is 0 Å². The first-order valence-corrected chi connectivity index (χ1v) is 15.0. The molecule has 1 saturated carbocycles. The number of aromatic carboxylic acids is 1. The molecular formula is C30H30F3N5O5S. The minimum atomic E-state index is -4.67. The summed E-state index contributed by atoms with van der Waals surface area (Å²) in [4.78, 5) is 45.7. The number of aliphatic hydroxyl groups is 1. The quantitative estimate of drug-likeness (QED) is 0.183. The minimum Gasteiger partial charge on any atom is -0.477 e. The fourth-order valence-corrected chi connectivity index (χ4v) is 6.57. The Hall–Kier alpha value is -4.30. The van der Waals surface area contributed by atoms with E-state index in [2.05, 4.69) is 20.6 Å². The smallest absolute Gasteiger partial charge is 0.434 e. The van der Waals surface area contributed by atoms with Crippen LogP contribution in [0, 0.1) is 5.92 Å². The van der Waals surface area contributed by atoms with Gasteiger partial charge >= 0.3 is 18.2 Å². The second kappa shape index (κ2) is 12.7. The molecule has 44 heavy (non-hydrogen) atoms. The number of aliphatic hydroxyl groups excluding tert-OH is 1. The van der Waals surface area contributed by atoms with E-state index in [0.717, 1.165) is 48.8 Å². The van der Waals surface area contributed by atoms with Crippen LogP contribution >= 0.6 is 11.3 Å². The van der Waals surface area contributed by atoms with E-state index in [0.29, 0.717) is 23.2 Å². The summed E-state index contributed by atoms with van der Waals surface area (Å²) in [6.45, 7) is 1.81. The highest BCUT2D eigenvalue weighted by atomic mass is 32.1. The molecule has 1 fully saturated rings. The molecule has 3 heterocycles. The van der Waals surface area contributed by atoms with Gasteiger partial charge < -0.3 is 20.1 Å². The Balaban J connectivity index is 1.69. The van der Waals surface area contributed by atoms with Gasteiger partial charge in [-0.05, 0) is 49.4 Å². The van der Waals surface area contributed by atoms with Gasteiger partial charge in [-0.3, -0.25) is 10.1 Å². The number of pyridine rings is 2. The Bertz CT molecular complexity index is 1760. The molecule has 3 aromatic heterocycles. The van der Waals surface area contributed by atoms with Crippen molar-refractivity contribution in [3.8, 4) is 21.7 Å².